The molecular weight excluding hydrogens is 480 g/mol. The van der Waals surface area contributed by atoms with Gasteiger partial charge in [-0.25, -0.2) is 4.98 Å². The molecule has 6 nitrogen and oxygen atoms in total. The van der Waals surface area contributed by atoms with Gasteiger partial charge in [-0.3, -0.25) is 0 Å². The van der Waals surface area contributed by atoms with E-state index in [0.29, 0.717) is 24.2 Å². The van der Waals surface area contributed by atoms with E-state index in [9.17, 15) is 0 Å². The number of H-pyrrole nitrogens is 2. The summed E-state index contributed by atoms with van der Waals surface area (Å²) < 4.78 is 0. The lowest BCUT2D eigenvalue weighted by Gasteiger charge is -2.33. The van der Waals surface area contributed by atoms with Crippen LogP contribution in [0.2, 0.25) is 0 Å². The Labute approximate surface area is 229 Å². The number of imidazole rings is 1. The highest BCUT2D eigenvalue weighted by molar-refractivity contribution is 5.82. The van der Waals surface area contributed by atoms with Gasteiger partial charge in [-0.1, -0.05) is 30.3 Å². The average Bonchev–Trinajstić information content (AvgIpc) is 3.80. The van der Waals surface area contributed by atoms with Gasteiger partial charge in [-0.2, -0.15) is 0 Å². The molecule has 0 amide bonds. The van der Waals surface area contributed by atoms with E-state index in [1.807, 2.05) is 0 Å². The van der Waals surface area contributed by atoms with Crippen molar-refractivity contribution in [2.75, 3.05) is 18.0 Å². The summed E-state index contributed by atoms with van der Waals surface area (Å²) in [6.07, 6.45) is 7.09. The number of aromatic amines is 2. The lowest BCUT2D eigenvalue weighted by atomic mass is 10.0. The zero-order valence-corrected chi connectivity index (χ0v) is 22.3. The average molecular weight is 517 g/mol. The van der Waals surface area contributed by atoms with E-state index in [0.717, 1.165) is 49.2 Å². The molecule has 0 radical (unpaired) electrons. The fourth-order valence-corrected chi connectivity index (χ4v) is 7.28. The van der Waals surface area contributed by atoms with Gasteiger partial charge in [-0.05, 0) is 105 Å². The Hall–Kier alpha value is -3.61. The van der Waals surface area contributed by atoms with Crippen LogP contribution in [0.1, 0.15) is 85.3 Å². The summed E-state index contributed by atoms with van der Waals surface area (Å²) in [5.74, 6) is 1.08. The molecule has 6 heteroatoms. The molecule has 5 heterocycles. The third-order valence-electron chi connectivity index (χ3n) is 9.22. The van der Waals surface area contributed by atoms with Gasteiger partial charge in [0, 0.05) is 28.3 Å². The number of hydrogen-bond acceptors (Lipinski definition) is 4. The zero-order chi connectivity index (χ0) is 25.8. The van der Waals surface area contributed by atoms with Gasteiger partial charge in [0.1, 0.15) is 5.82 Å². The first kappa shape index (κ1) is 23.3. The number of rotatable bonds is 5. The van der Waals surface area contributed by atoms with Gasteiger partial charge in [0.25, 0.3) is 0 Å². The molecule has 3 aromatic carbocycles. The standard InChI is InChI=1S/C33H36N6/c1-2-6-24(7-3-1)39-31(21-10-12-25-23(18-21)20-29(36-25)26-8-4-16-34-26)14-15-32(39)22-11-13-27-30(19-22)38-33(37-27)28-9-5-17-35-28/h1-3,6-7,10-13,18-20,26,28,31-32,34-36H,4-5,8-9,14-17H2,(H,37,38)/t26-,28-,31+,32+/m0/s1. The maximum Gasteiger partial charge on any atom is 0.124 e. The molecule has 0 unspecified atom stereocenters. The van der Waals surface area contributed by atoms with Crippen molar-refractivity contribution in [2.24, 2.45) is 0 Å². The highest BCUT2D eigenvalue weighted by Gasteiger charge is 2.36. The van der Waals surface area contributed by atoms with E-state index in [-0.39, 0.29) is 0 Å². The number of nitrogens with one attached hydrogen (secondary N) is 4. The van der Waals surface area contributed by atoms with Crippen LogP contribution < -0.4 is 15.5 Å². The van der Waals surface area contributed by atoms with Crippen LogP contribution in [0.15, 0.2) is 72.8 Å². The Bertz CT molecular complexity index is 1500. The van der Waals surface area contributed by atoms with Crippen LogP contribution in [0.3, 0.4) is 0 Å². The molecule has 5 aromatic rings. The first-order valence-electron chi connectivity index (χ1n) is 14.7. The molecule has 0 bridgehead atoms. The predicted octanol–water partition coefficient (Wildman–Crippen LogP) is 6.98. The number of nitrogens with zero attached hydrogens (tertiary/aromatic N) is 2. The molecule has 0 spiro atoms. The second kappa shape index (κ2) is 9.54. The summed E-state index contributed by atoms with van der Waals surface area (Å²) in [5.41, 5.74) is 8.82. The van der Waals surface area contributed by atoms with Crippen molar-refractivity contribution in [3.05, 3.63) is 95.4 Å². The van der Waals surface area contributed by atoms with Gasteiger partial charge in [0.15, 0.2) is 0 Å². The second-order valence-corrected chi connectivity index (χ2v) is 11.6. The normalized spacial score (nSPS) is 25.4. The minimum Gasteiger partial charge on any atom is -0.357 e. The molecule has 39 heavy (non-hydrogen) atoms. The van der Waals surface area contributed by atoms with Gasteiger partial charge < -0.3 is 25.5 Å². The van der Waals surface area contributed by atoms with Gasteiger partial charge in [0.05, 0.1) is 29.2 Å². The number of anilines is 1. The van der Waals surface area contributed by atoms with Gasteiger partial charge >= 0.3 is 0 Å². The van der Waals surface area contributed by atoms with Crippen molar-refractivity contribution >= 4 is 27.6 Å². The highest BCUT2D eigenvalue weighted by atomic mass is 15.2. The number of fused-ring (bicyclic) bond motifs is 2. The second-order valence-electron chi connectivity index (χ2n) is 11.6. The minimum absolute atomic E-state index is 0.318. The molecule has 3 saturated heterocycles. The summed E-state index contributed by atoms with van der Waals surface area (Å²) in [6, 6.07) is 28.7. The fraction of sp³-hybridized carbons (Fsp3) is 0.364. The fourth-order valence-electron chi connectivity index (χ4n) is 7.28. The molecule has 3 fully saturated rings. The molecule has 198 valence electrons. The molecule has 8 rings (SSSR count). The number of para-hydroxylation sites is 1. The van der Waals surface area contributed by atoms with Crippen LogP contribution in [0, 0.1) is 0 Å². The third kappa shape index (κ3) is 4.14. The van der Waals surface area contributed by atoms with Gasteiger partial charge in [-0.15, -0.1) is 0 Å². The summed E-state index contributed by atoms with van der Waals surface area (Å²) in [4.78, 5) is 14.9. The van der Waals surface area contributed by atoms with Crippen molar-refractivity contribution < 1.29 is 0 Å². The predicted molar refractivity (Wildman–Crippen MR) is 158 cm³/mol. The largest absolute Gasteiger partial charge is 0.357 e. The van der Waals surface area contributed by atoms with E-state index in [1.165, 1.54) is 52.7 Å². The van der Waals surface area contributed by atoms with Crippen molar-refractivity contribution in [1.82, 2.24) is 25.6 Å². The first-order valence-corrected chi connectivity index (χ1v) is 14.7. The van der Waals surface area contributed by atoms with Crippen LogP contribution >= 0.6 is 0 Å². The first-order chi connectivity index (χ1) is 19.3. The maximum atomic E-state index is 4.92. The summed E-state index contributed by atoms with van der Waals surface area (Å²) in [7, 11) is 0. The molecule has 0 saturated carbocycles. The SMILES string of the molecule is c1ccc(N2[C@@H](c3ccc4[nH]c([C@@H]5CCCN5)cc4c3)CC[C@@H]2c2ccc3nc([C@@H]4CCCN4)[nH]c3c2)cc1. The molecule has 4 N–H and O–H groups in total. The van der Waals surface area contributed by atoms with Crippen molar-refractivity contribution in [1.29, 1.82) is 0 Å². The van der Waals surface area contributed by atoms with E-state index < -0.39 is 0 Å². The Morgan fingerprint density at radius 3 is 2.18 bits per heavy atom. The highest BCUT2D eigenvalue weighted by Crippen LogP contribution is 2.47. The Morgan fingerprint density at radius 2 is 1.41 bits per heavy atom. The quantitative estimate of drug-likeness (QED) is 0.203. The third-order valence-corrected chi connectivity index (χ3v) is 9.22. The Balaban J connectivity index is 1.15. The topological polar surface area (TPSA) is 71.8 Å². The van der Waals surface area contributed by atoms with Crippen LogP contribution in [-0.4, -0.2) is 28.0 Å². The van der Waals surface area contributed by atoms with Crippen LogP contribution in [-0.2, 0) is 0 Å². The molecule has 2 aromatic heterocycles. The maximum absolute atomic E-state index is 4.92. The van der Waals surface area contributed by atoms with Gasteiger partial charge in [0.2, 0.25) is 0 Å². The molecule has 3 aliphatic heterocycles. The lowest BCUT2D eigenvalue weighted by molar-refractivity contribution is 0.614. The van der Waals surface area contributed by atoms with Crippen LogP contribution in [0.25, 0.3) is 21.9 Å². The zero-order valence-electron chi connectivity index (χ0n) is 22.3. The van der Waals surface area contributed by atoms with E-state index in [4.69, 9.17) is 4.98 Å². The Morgan fingerprint density at radius 1 is 0.667 bits per heavy atom. The van der Waals surface area contributed by atoms with E-state index >= 15 is 0 Å². The molecule has 0 aliphatic carbocycles. The molecule has 4 atom stereocenters. The molecule has 3 aliphatic rings. The lowest BCUT2D eigenvalue weighted by Crippen LogP contribution is -2.26. The van der Waals surface area contributed by atoms with Crippen molar-refractivity contribution in [3.8, 4) is 0 Å². The number of benzene rings is 3. The molecular formula is C33H36N6. The summed E-state index contributed by atoms with van der Waals surface area (Å²) in [6.45, 7) is 2.19. The summed E-state index contributed by atoms with van der Waals surface area (Å²) in [5, 5.41) is 8.53. The monoisotopic (exact) mass is 516 g/mol. The van der Waals surface area contributed by atoms with Crippen LogP contribution in [0.5, 0.6) is 0 Å². The van der Waals surface area contributed by atoms with E-state index in [2.05, 4.69) is 98.3 Å². The smallest absolute Gasteiger partial charge is 0.124 e. The minimum atomic E-state index is 0.318. The van der Waals surface area contributed by atoms with Crippen molar-refractivity contribution in [2.45, 2.75) is 62.7 Å². The van der Waals surface area contributed by atoms with E-state index in [1.54, 1.807) is 0 Å². The summed E-state index contributed by atoms with van der Waals surface area (Å²) >= 11 is 0. The Kier molecular flexibility index (Phi) is 5.70. The van der Waals surface area contributed by atoms with Crippen LogP contribution in [0.4, 0.5) is 5.69 Å². The van der Waals surface area contributed by atoms with Crippen molar-refractivity contribution in [3.63, 3.8) is 0 Å². The number of aromatic nitrogens is 3. The number of hydrogen-bond donors (Lipinski definition) is 4.